The molecule has 0 saturated heterocycles. The van der Waals surface area contributed by atoms with Gasteiger partial charge in [-0.25, -0.2) is 4.98 Å². The van der Waals surface area contributed by atoms with E-state index in [0.29, 0.717) is 0 Å². The molecular weight excluding hydrogens is 1060 g/mol. The van der Waals surface area contributed by atoms with Gasteiger partial charge in [0.25, 0.3) is 0 Å². The van der Waals surface area contributed by atoms with Crippen LogP contribution in [-0.4, -0.2) is 11.1 Å². The second-order valence-electron chi connectivity index (χ2n) is 17.6. The van der Waals surface area contributed by atoms with Crippen LogP contribution >= 0.6 is 0 Å². The predicted octanol–water partition coefficient (Wildman–Crippen LogP) is 13.9. The molecule has 1 aromatic heterocycles. The van der Waals surface area contributed by atoms with Crippen LogP contribution in [0.5, 0.6) is 0 Å². The first kappa shape index (κ1) is 58.5. The molecule has 27 heteroatoms. The molecule has 0 N–H and O–H groups in total. The van der Waals surface area contributed by atoms with E-state index in [9.17, 15) is 105 Å². The van der Waals surface area contributed by atoms with Crippen molar-refractivity contribution in [2.45, 2.75) is 82.1 Å². The largest absolute Gasteiger partial charge is 0.416 e. The molecule has 400 valence electrons. The highest BCUT2D eigenvalue weighted by atomic mass is 19.4. The van der Waals surface area contributed by atoms with Crippen LogP contribution < -0.4 is 26.4 Å². The van der Waals surface area contributed by atoms with Gasteiger partial charge in [0.2, 0.25) is 0 Å². The zero-order valence-electron chi connectivity index (χ0n) is 37.3. The molecule has 0 radical (unpaired) electrons. The Morgan fingerprint density at radius 1 is 0.365 bits per heavy atom. The molecule has 6 rings (SSSR count). The van der Waals surface area contributed by atoms with E-state index in [1.54, 1.807) is 0 Å². The molecule has 0 atom stereocenters. The van der Waals surface area contributed by atoms with Crippen LogP contribution in [0.15, 0.2) is 122 Å². The minimum atomic E-state index is -6.13. The number of halogens is 24. The van der Waals surface area contributed by atoms with Gasteiger partial charge in [0, 0.05) is 11.0 Å². The predicted molar refractivity (Wildman–Crippen MR) is 219 cm³/mol. The van der Waals surface area contributed by atoms with Gasteiger partial charge in [0.1, 0.15) is 11.8 Å². The minimum Gasteiger partial charge on any atom is -0.248 e. The fourth-order valence-corrected chi connectivity index (χ4v) is 7.78. The van der Waals surface area contributed by atoms with Crippen molar-refractivity contribution in [1.29, 1.82) is 0 Å². The van der Waals surface area contributed by atoms with Gasteiger partial charge < -0.3 is 0 Å². The second-order valence-corrected chi connectivity index (χ2v) is 17.6. The number of alkyl halides is 24. The maximum atomic E-state index is 14.2. The lowest BCUT2D eigenvalue weighted by Gasteiger charge is -2.46. The van der Waals surface area contributed by atoms with Gasteiger partial charge in [-0.3, -0.25) is 0 Å². The fourth-order valence-electron chi connectivity index (χ4n) is 7.78. The Labute approximate surface area is 402 Å². The first-order chi connectivity index (χ1) is 33.3. The normalized spacial score (nSPS) is 13.7. The lowest BCUT2D eigenvalue weighted by atomic mass is 9.12. The standard InChI is InChI=1S/C32H12BF24.C15H19N2/c34-25(35,36)13-1-14(26(37,38)39)6-21(5-13)33(22-7-15(27(40,41)42)2-16(8-22)28(43,44)45,23-9-17(29(46,47)48)3-18(10-23)30(49,50)51)24-11-19(31(52,53)54)4-20(12-24)32(55,56)57;1-15(2,3)14-12-17(10-9-16-14)11-13-7-5-4-6-8-13/h1-12H;4-10,12H,11H2,1-3H3/q-1;+1. The molecular formula is C47H31BF24N2. The van der Waals surface area contributed by atoms with E-state index in [0.717, 1.165) is 12.2 Å². The molecule has 2 nitrogen and oxygen atoms in total. The summed E-state index contributed by atoms with van der Waals surface area (Å²) in [5.74, 6) is 0. The average molecular weight is 1090 g/mol. The smallest absolute Gasteiger partial charge is 0.248 e. The van der Waals surface area contributed by atoms with Crippen LogP contribution in [0.3, 0.4) is 0 Å². The molecule has 0 saturated carbocycles. The lowest BCUT2D eigenvalue weighted by molar-refractivity contribution is -0.689. The summed E-state index contributed by atoms with van der Waals surface area (Å²) in [4.78, 5) is 4.43. The fraction of sp³-hybridized carbons (Fsp3) is 0.277. The third-order valence-electron chi connectivity index (χ3n) is 11.2. The van der Waals surface area contributed by atoms with E-state index < -0.39 is 195 Å². The van der Waals surface area contributed by atoms with Gasteiger partial charge in [-0.1, -0.05) is 99.6 Å². The van der Waals surface area contributed by atoms with Gasteiger partial charge in [-0.2, -0.15) is 132 Å². The maximum absolute atomic E-state index is 14.2. The van der Waals surface area contributed by atoms with Crippen molar-refractivity contribution in [1.82, 2.24) is 4.98 Å². The zero-order chi connectivity index (χ0) is 56.2. The number of rotatable bonds is 6. The van der Waals surface area contributed by atoms with Crippen LogP contribution in [-0.2, 0) is 61.4 Å². The van der Waals surface area contributed by atoms with Crippen molar-refractivity contribution < 1.29 is 110 Å². The minimum absolute atomic E-state index is 0.0969. The van der Waals surface area contributed by atoms with E-state index >= 15 is 0 Å². The Bertz CT molecular complexity index is 2510. The van der Waals surface area contributed by atoms with Crippen molar-refractivity contribution >= 4 is 28.0 Å². The highest BCUT2D eigenvalue weighted by Crippen LogP contribution is 2.41. The van der Waals surface area contributed by atoms with Crippen molar-refractivity contribution in [3.8, 4) is 0 Å². The summed E-state index contributed by atoms with van der Waals surface area (Å²) in [6, 6.07) is 1.66. The van der Waals surface area contributed by atoms with Crippen molar-refractivity contribution in [3.05, 3.63) is 177 Å². The molecule has 0 fully saturated rings. The summed E-state index contributed by atoms with van der Waals surface area (Å²) >= 11 is 0. The SMILES string of the molecule is CC(C)(C)c1c[n+](Cc2ccccc2)ccn1.FC(F)(F)c1cc([B-](c2cc(C(F)(F)F)cc(C(F)(F)F)c2)(c2cc(C(F)(F)F)cc(C(F)(F)F)c2)c2cc(C(F)(F)F)cc(C(F)(F)F)c2)cc(C(F)(F)F)c1. The molecule has 1 heterocycles. The molecule has 0 aliphatic heterocycles. The molecule has 0 unspecified atom stereocenters. The first-order valence-corrected chi connectivity index (χ1v) is 20.6. The summed E-state index contributed by atoms with van der Waals surface area (Å²) in [5.41, 5.74) is -27.7. The van der Waals surface area contributed by atoms with Crippen LogP contribution in [0.4, 0.5) is 105 Å². The Morgan fingerprint density at radius 2 is 0.608 bits per heavy atom. The molecule has 0 aliphatic carbocycles. The van der Waals surface area contributed by atoms with Gasteiger partial charge in [0.05, 0.1) is 50.7 Å². The zero-order valence-corrected chi connectivity index (χ0v) is 37.3. The maximum Gasteiger partial charge on any atom is 0.416 e. The summed E-state index contributed by atoms with van der Waals surface area (Å²) in [6.07, 6.45) is -48.8. The summed E-state index contributed by atoms with van der Waals surface area (Å²) < 4.78 is 343. The van der Waals surface area contributed by atoms with Crippen molar-refractivity contribution in [2.24, 2.45) is 0 Å². The van der Waals surface area contributed by atoms with Crippen LogP contribution in [0.1, 0.15) is 76.5 Å². The third-order valence-corrected chi connectivity index (χ3v) is 11.2. The molecule has 0 bridgehead atoms. The number of aromatic nitrogens is 2. The van der Waals surface area contributed by atoms with E-state index in [2.05, 4.69) is 60.8 Å². The summed E-state index contributed by atoms with van der Waals surface area (Å²) in [5, 5.41) is 0. The molecule has 74 heavy (non-hydrogen) atoms. The number of nitrogens with zero attached hydrogens (tertiary/aromatic N) is 2. The number of hydrogen-bond donors (Lipinski definition) is 0. The number of benzene rings is 5. The summed E-state index contributed by atoms with van der Waals surface area (Å²) in [6.45, 7) is 7.44. The van der Waals surface area contributed by atoms with E-state index in [-0.39, 0.29) is 5.41 Å². The first-order valence-electron chi connectivity index (χ1n) is 20.6. The Balaban J connectivity index is 0.000000500. The highest BCUT2D eigenvalue weighted by molar-refractivity contribution is 7.20. The van der Waals surface area contributed by atoms with Gasteiger partial charge >= 0.3 is 49.4 Å². The quantitative estimate of drug-likeness (QED) is 0.0923. The van der Waals surface area contributed by atoms with Gasteiger partial charge in [-0.15, -0.1) is 0 Å². The van der Waals surface area contributed by atoms with Gasteiger partial charge in [0.15, 0.2) is 18.9 Å². The van der Waals surface area contributed by atoms with E-state index in [4.69, 9.17) is 0 Å². The number of hydrogen-bond acceptors (Lipinski definition) is 1. The van der Waals surface area contributed by atoms with Crippen molar-refractivity contribution in [2.75, 3.05) is 0 Å². The topological polar surface area (TPSA) is 16.8 Å². The van der Waals surface area contributed by atoms with Crippen LogP contribution in [0.25, 0.3) is 0 Å². The molecule has 0 aliphatic rings. The lowest BCUT2D eigenvalue weighted by Crippen LogP contribution is -2.75. The van der Waals surface area contributed by atoms with Crippen LogP contribution in [0, 0.1) is 0 Å². The van der Waals surface area contributed by atoms with Gasteiger partial charge in [-0.05, 0) is 24.3 Å². The monoisotopic (exact) mass is 1090 g/mol. The highest BCUT2D eigenvalue weighted by Gasteiger charge is 2.47. The molecule has 6 aromatic rings. The van der Waals surface area contributed by atoms with Crippen LogP contribution in [0.2, 0.25) is 0 Å². The van der Waals surface area contributed by atoms with E-state index in [1.165, 1.54) is 5.56 Å². The molecule has 0 amide bonds. The van der Waals surface area contributed by atoms with Crippen molar-refractivity contribution in [3.63, 3.8) is 0 Å². The molecule has 0 spiro atoms. The van der Waals surface area contributed by atoms with E-state index in [1.807, 2.05) is 18.5 Å². The molecule has 5 aromatic carbocycles. The Hall–Kier alpha value is -6.44. The second kappa shape index (κ2) is 19.7. The Morgan fingerprint density at radius 3 is 0.824 bits per heavy atom. The Kier molecular flexibility index (Phi) is 15.5. The third kappa shape index (κ3) is 13.6. The summed E-state index contributed by atoms with van der Waals surface area (Å²) in [7, 11) is 0. The average Bonchev–Trinajstić information content (AvgIpc) is 3.24.